The summed E-state index contributed by atoms with van der Waals surface area (Å²) < 4.78 is 68.7. The van der Waals surface area contributed by atoms with Crippen LogP contribution in [0.1, 0.15) is 389 Å². The van der Waals surface area contributed by atoms with Gasteiger partial charge in [-0.1, -0.05) is 336 Å². The Kier molecular flexibility index (Phi) is 68.1. The molecule has 0 saturated heterocycles. The molecule has 5 atom stereocenters. The van der Waals surface area contributed by atoms with Crippen LogP contribution >= 0.6 is 15.6 Å². The molecule has 3 N–H and O–H groups in total. The minimum atomic E-state index is -4.97. The highest BCUT2D eigenvalue weighted by Crippen LogP contribution is 2.45. The van der Waals surface area contributed by atoms with Gasteiger partial charge in [0, 0.05) is 25.7 Å². The van der Waals surface area contributed by atoms with Gasteiger partial charge in [-0.25, -0.2) is 9.13 Å². The summed E-state index contributed by atoms with van der Waals surface area (Å²) >= 11 is 0. The van der Waals surface area contributed by atoms with E-state index >= 15 is 0 Å². The lowest BCUT2D eigenvalue weighted by molar-refractivity contribution is -0.161. The summed E-state index contributed by atoms with van der Waals surface area (Å²) in [6, 6.07) is 0. The van der Waals surface area contributed by atoms with Crippen LogP contribution in [0.3, 0.4) is 0 Å². The van der Waals surface area contributed by atoms with Crippen LogP contribution in [0, 0.1) is 17.8 Å². The molecular formula is C80H152O17P2. The number of aliphatic hydroxyl groups is 1. The molecule has 0 aliphatic rings. The second-order valence-electron chi connectivity index (χ2n) is 29.5. The molecule has 0 amide bonds. The first-order valence-electron chi connectivity index (χ1n) is 40.7. The number of hydrogen-bond donors (Lipinski definition) is 3. The van der Waals surface area contributed by atoms with E-state index in [0.717, 1.165) is 127 Å². The maximum absolute atomic E-state index is 13.1. The first kappa shape index (κ1) is 96.5. The van der Waals surface area contributed by atoms with E-state index in [1.165, 1.54) is 180 Å². The largest absolute Gasteiger partial charge is 0.472 e. The van der Waals surface area contributed by atoms with Crippen LogP contribution in [-0.4, -0.2) is 96.7 Å². The van der Waals surface area contributed by atoms with Crippen LogP contribution in [0.15, 0.2) is 24.3 Å². The molecule has 0 radical (unpaired) electrons. The molecular weight excluding hydrogens is 1290 g/mol. The number of ether oxygens (including phenoxy) is 4. The highest BCUT2D eigenvalue weighted by atomic mass is 31.2. The fourth-order valence-corrected chi connectivity index (χ4v) is 13.3. The lowest BCUT2D eigenvalue weighted by Gasteiger charge is -2.21. The van der Waals surface area contributed by atoms with Gasteiger partial charge in [0.1, 0.15) is 19.3 Å². The zero-order valence-electron chi connectivity index (χ0n) is 64.4. The SMILES string of the molecule is CCCCCC/C=C\C=C/CCCCCCCC(=O)OC[C@H](COP(=O)(O)OC[C@@H](O)COP(=O)(O)OC[C@@H](COC(=O)CCCCCCCCCCCCC(C)C)OC(=O)CCCCCCCCCCCCC(C)C)OC(=O)CCCCCCCCCCCCCCCCCC(C)C. The zero-order chi connectivity index (χ0) is 73.0. The second-order valence-corrected chi connectivity index (χ2v) is 32.5. The highest BCUT2D eigenvalue weighted by molar-refractivity contribution is 7.47. The van der Waals surface area contributed by atoms with Crippen molar-refractivity contribution in [3.05, 3.63) is 24.3 Å². The fraction of sp³-hybridized carbons (Fsp3) is 0.900. The highest BCUT2D eigenvalue weighted by Gasteiger charge is 2.30. The molecule has 0 spiro atoms. The van der Waals surface area contributed by atoms with E-state index in [1.807, 2.05) is 0 Å². The average Bonchev–Trinajstić information content (AvgIpc) is 1.48. The number of carbonyl (C=O) groups is 4. The fourth-order valence-electron chi connectivity index (χ4n) is 11.8. The molecule has 99 heavy (non-hydrogen) atoms. The summed E-state index contributed by atoms with van der Waals surface area (Å²) in [6.45, 7) is 11.9. The van der Waals surface area contributed by atoms with Crippen LogP contribution < -0.4 is 0 Å². The van der Waals surface area contributed by atoms with Gasteiger partial charge in [-0.15, -0.1) is 0 Å². The lowest BCUT2D eigenvalue weighted by atomic mass is 10.0. The van der Waals surface area contributed by atoms with Crippen molar-refractivity contribution >= 4 is 39.5 Å². The van der Waals surface area contributed by atoms with Gasteiger partial charge in [-0.3, -0.25) is 37.3 Å². The van der Waals surface area contributed by atoms with Crippen molar-refractivity contribution in [2.45, 2.75) is 407 Å². The van der Waals surface area contributed by atoms with Gasteiger partial charge in [0.15, 0.2) is 12.2 Å². The third-order valence-electron chi connectivity index (χ3n) is 18.0. The average molecular weight is 1450 g/mol. The Morgan fingerprint density at radius 3 is 0.818 bits per heavy atom. The molecule has 0 fully saturated rings. The van der Waals surface area contributed by atoms with E-state index in [-0.39, 0.29) is 25.7 Å². The Bertz CT molecular complexity index is 2020. The van der Waals surface area contributed by atoms with Gasteiger partial charge in [-0.05, 0) is 69.1 Å². The van der Waals surface area contributed by atoms with E-state index in [1.54, 1.807) is 0 Å². The number of rotatable bonds is 76. The summed E-state index contributed by atoms with van der Waals surface area (Å²) in [7, 11) is -9.93. The molecule has 584 valence electrons. The topological polar surface area (TPSA) is 237 Å². The first-order chi connectivity index (χ1) is 47.7. The summed E-state index contributed by atoms with van der Waals surface area (Å²) in [4.78, 5) is 73.0. The van der Waals surface area contributed by atoms with E-state index < -0.39 is 97.5 Å². The van der Waals surface area contributed by atoms with Crippen molar-refractivity contribution < 1.29 is 80.2 Å². The lowest BCUT2D eigenvalue weighted by Crippen LogP contribution is -2.30. The predicted molar refractivity (Wildman–Crippen MR) is 404 cm³/mol. The molecule has 0 rings (SSSR count). The molecule has 0 aromatic carbocycles. The quantitative estimate of drug-likeness (QED) is 0.0169. The number of allylic oxidation sites excluding steroid dienone is 4. The number of carbonyl (C=O) groups excluding carboxylic acids is 4. The standard InChI is InChI=1S/C80H152O17P2/c1-8-9-10-11-12-13-14-15-17-21-24-33-40-47-54-61-77(82)90-67-75(96-79(84)63-56-49-42-35-25-22-19-16-18-20-23-30-37-44-51-58-71(2)3)69-94-98(86,87)92-65-74(81)66-93-99(88,89)95-70-76(97-80(85)64-57-50-43-36-29-27-32-39-46-53-60-73(6)7)68-91-78(83)62-55-48-41-34-28-26-31-38-45-52-59-72(4)5/h13-15,17,71-76,81H,8-12,16,18-70H2,1-7H3,(H,86,87)(H,88,89)/b14-13-,17-15-/t74-,75-,76-/m1/s1. The van der Waals surface area contributed by atoms with Crippen molar-refractivity contribution in [2.24, 2.45) is 17.8 Å². The number of phosphoric ester groups is 2. The summed E-state index contributed by atoms with van der Waals surface area (Å²) in [5.74, 6) is 0.166. The van der Waals surface area contributed by atoms with Gasteiger partial charge < -0.3 is 33.8 Å². The molecule has 0 bridgehead atoms. The summed E-state index contributed by atoms with van der Waals surface area (Å²) in [5.41, 5.74) is 0. The molecule has 0 saturated carbocycles. The third-order valence-corrected chi connectivity index (χ3v) is 19.9. The van der Waals surface area contributed by atoms with Crippen LogP contribution in [0.5, 0.6) is 0 Å². The summed E-state index contributed by atoms with van der Waals surface area (Å²) in [6.07, 6.45) is 60.4. The molecule has 19 heteroatoms. The van der Waals surface area contributed by atoms with Gasteiger partial charge in [0.25, 0.3) is 0 Å². The van der Waals surface area contributed by atoms with Crippen molar-refractivity contribution in [3.63, 3.8) is 0 Å². The predicted octanol–water partition coefficient (Wildman–Crippen LogP) is 23.3. The summed E-state index contributed by atoms with van der Waals surface area (Å²) in [5, 5.41) is 10.6. The van der Waals surface area contributed by atoms with Gasteiger partial charge in [-0.2, -0.15) is 0 Å². The van der Waals surface area contributed by atoms with Crippen LogP contribution in [0.25, 0.3) is 0 Å². The minimum absolute atomic E-state index is 0.101. The van der Waals surface area contributed by atoms with Crippen molar-refractivity contribution in [1.82, 2.24) is 0 Å². The second kappa shape index (κ2) is 69.9. The van der Waals surface area contributed by atoms with Gasteiger partial charge in [0.05, 0.1) is 26.4 Å². The van der Waals surface area contributed by atoms with Crippen molar-refractivity contribution in [2.75, 3.05) is 39.6 Å². The molecule has 0 aliphatic heterocycles. The smallest absolute Gasteiger partial charge is 0.462 e. The number of hydrogen-bond acceptors (Lipinski definition) is 15. The number of unbranched alkanes of at least 4 members (excludes halogenated alkanes) is 41. The van der Waals surface area contributed by atoms with E-state index in [9.17, 15) is 43.2 Å². The van der Waals surface area contributed by atoms with Crippen LogP contribution in [0.4, 0.5) is 0 Å². The maximum atomic E-state index is 13.1. The minimum Gasteiger partial charge on any atom is -0.462 e. The first-order valence-corrected chi connectivity index (χ1v) is 43.7. The van der Waals surface area contributed by atoms with Crippen molar-refractivity contribution in [1.29, 1.82) is 0 Å². The Morgan fingerprint density at radius 2 is 0.545 bits per heavy atom. The molecule has 17 nitrogen and oxygen atoms in total. The van der Waals surface area contributed by atoms with Crippen LogP contribution in [-0.2, 0) is 65.4 Å². The Hall–Kier alpha value is -2.46. The Balaban J connectivity index is 5.30. The third kappa shape index (κ3) is 73.6. The molecule has 0 heterocycles. The number of esters is 4. The van der Waals surface area contributed by atoms with E-state index in [4.69, 9.17) is 37.0 Å². The monoisotopic (exact) mass is 1450 g/mol. The number of phosphoric acid groups is 2. The van der Waals surface area contributed by atoms with Gasteiger partial charge in [0.2, 0.25) is 0 Å². The molecule has 0 aliphatic carbocycles. The molecule has 0 aromatic rings. The van der Waals surface area contributed by atoms with Crippen LogP contribution in [0.2, 0.25) is 0 Å². The van der Waals surface area contributed by atoms with E-state index in [2.05, 4.69) is 72.8 Å². The normalized spacial score (nSPS) is 14.2. The Labute approximate surface area is 605 Å². The van der Waals surface area contributed by atoms with Gasteiger partial charge >= 0.3 is 39.5 Å². The molecule has 2 unspecified atom stereocenters. The molecule has 0 aromatic heterocycles. The maximum Gasteiger partial charge on any atom is 0.472 e. The zero-order valence-corrected chi connectivity index (χ0v) is 66.2. The number of aliphatic hydroxyl groups excluding tert-OH is 1. The van der Waals surface area contributed by atoms with E-state index in [0.29, 0.717) is 25.7 Å². The van der Waals surface area contributed by atoms with Crippen molar-refractivity contribution in [3.8, 4) is 0 Å². The Morgan fingerprint density at radius 1 is 0.313 bits per heavy atom.